The second-order valence-corrected chi connectivity index (χ2v) is 4.06. The summed E-state index contributed by atoms with van der Waals surface area (Å²) in [4.78, 5) is 35.5. The average molecular weight is 259 g/mol. The Balaban J connectivity index is 2.22. The van der Waals surface area contributed by atoms with Crippen LogP contribution in [0.3, 0.4) is 0 Å². The molecule has 0 saturated carbocycles. The number of hydrogen-bond donors (Lipinski definition) is 3. The van der Waals surface area contributed by atoms with E-state index in [4.69, 9.17) is 10.2 Å². The first kappa shape index (κ1) is 14.4. The van der Waals surface area contributed by atoms with Crippen molar-refractivity contribution < 1.29 is 24.6 Å². The first-order chi connectivity index (χ1) is 8.49. The summed E-state index contributed by atoms with van der Waals surface area (Å²) in [5.74, 6) is -2.14. The number of carbonyl (C=O) groups excluding carboxylic acids is 1. The molecule has 0 radical (unpaired) electrons. The Kier molecular flexibility index (Phi) is 5.53. The highest BCUT2D eigenvalue weighted by atomic mass is 16.4. The van der Waals surface area contributed by atoms with Gasteiger partial charge in [0.05, 0.1) is 13.1 Å². The Bertz CT molecular complexity index is 331. The molecule has 8 nitrogen and oxygen atoms in total. The van der Waals surface area contributed by atoms with E-state index < -0.39 is 11.9 Å². The van der Waals surface area contributed by atoms with Crippen molar-refractivity contribution in [3.05, 3.63) is 0 Å². The number of carboxylic acid groups (broad SMARTS) is 2. The van der Waals surface area contributed by atoms with Crippen LogP contribution in [0.25, 0.3) is 0 Å². The number of carbonyl (C=O) groups is 3. The highest BCUT2D eigenvalue weighted by Crippen LogP contribution is 2.02. The van der Waals surface area contributed by atoms with Crippen molar-refractivity contribution in [1.29, 1.82) is 0 Å². The molecular formula is C10H17N3O5. The Morgan fingerprint density at radius 2 is 1.94 bits per heavy atom. The number of carboxylic acids is 2. The van der Waals surface area contributed by atoms with Gasteiger partial charge in [-0.1, -0.05) is 0 Å². The minimum absolute atomic E-state index is 0.104. The van der Waals surface area contributed by atoms with E-state index in [9.17, 15) is 14.4 Å². The number of nitrogens with zero attached hydrogens (tertiary/aromatic N) is 2. The Morgan fingerprint density at radius 1 is 1.22 bits per heavy atom. The van der Waals surface area contributed by atoms with E-state index in [0.29, 0.717) is 26.2 Å². The molecule has 0 aromatic rings. The van der Waals surface area contributed by atoms with Crippen LogP contribution in [0.4, 0.5) is 0 Å². The topological polar surface area (TPSA) is 110 Å². The van der Waals surface area contributed by atoms with Crippen LogP contribution in [0.15, 0.2) is 0 Å². The predicted octanol–water partition coefficient (Wildman–Crippen LogP) is -2.11. The van der Waals surface area contributed by atoms with Gasteiger partial charge in [0.1, 0.15) is 6.54 Å². The van der Waals surface area contributed by atoms with E-state index in [-0.39, 0.29) is 25.5 Å². The van der Waals surface area contributed by atoms with Crippen LogP contribution in [-0.2, 0) is 14.4 Å². The molecule has 0 aliphatic carbocycles. The summed E-state index contributed by atoms with van der Waals surface area (Å²) in [6.07, 6.45) is 0. The van der Waals surface area contributed by atoms with Gasteiger partial charge in [-0.2, -0.15) is 0 Å². The first-order valence-corrected chi connectivity index (χ1v) is 5.63. The van der Waals surface area contributed by atoms with Crippen LogP contribution in [0, 0.1) is 0 Å². The van der Waals surface area contributed by atoms with Crippen molar-refractivity contribution in [3.8, 4) is 0 Å². The van der Waals surface area contributed by atoms with Crippen LogP contribution in [0.1, 0.15) is 0 Å². The number of rotatable bonds is 7. The quantitative estimate of drug-likeness (QED) is 0.449. The zero-order valence-corrected chi connectivity index (χ0v) is 9.96. The van der Waals surface area contributed by atoms with Gasteiger partial charge in [0.15, 0.2) is 0 Å². The summed E-state index contributed by atoms with van der Waals surface area (Å²) in [5, 5.41) is 19.8. The van der Waals surface area contributed by atoms with Crippen LogP contribution in [0.2, 0.25) is 0 Å². The second kappa shape index (κ2) is 6.92. The van der Waals surface area contributed by atoms with Gasteiger partial charge in [0, 0.05) is 26.2 Å². The fraction of sp³-hybridized carbons (Fsp3) is 0.700. The fourth-order valence-electron chi connectivity index (χ4n) is 1.71. The van der Waals surface area contributed by atoms with Gasteiger partial charge >= 0.3 is 11.9 Å². The molecule has 18 heavy (non-hydrogen) atoms. The molecule has 0 aromatic heterocycles. The summed E-state index contributed by atoms with van der Waals surface area (Å²) < 4.78 is 0. The molecule has 1 heterocycles. The lowest BCUT2D eigenvalue weighted by Crippen LogP contribution is -2.52. The van der Waals surface area contributed by atoms with Crippen LogP contribution < -0.4 is 5.32 Å². The van der Waals surface area contributed by atoms with Gasteiger partial charge in [-0.3, -0.25) is 19.3 Å². The zero-order chi connectivity index (χ0) is 13.5. The molecular weight excluding hydrogens is 242 g/mol. The maximum absolute atomic E-state index is 11.6. The van der Waals surface area contributed by atoms with Gasteiger partial charge in [-0.15, -0.1) is 0 Å². The molecule has 1 fully saturated rings. The van der Waals surface area contributed by atoms with Gasteiger partial charge in [-0.25, -0.2) is 0 Å². The molecule has 0 bridgehead atoms. The van der Waals surface area contributed by atoms with Crippen LogP contribution in [-0.4, -0.2) is 83.7 Å². The molecule has 0 spiro atoms. The molecule has 3 N–H and O–H groups in total. The van der Waals surface area contributed by atoms with Crippen molar-refractivity contribution in [1.82, 2.24) is 15.1 Å². The summed E-state index contributed by atoms with van der Waals surface area (Å²) in [7, 11) is 0. The summed E-state index contributed by atoms with van der Waals surface area (Å²) in [6.45, 7) is 1.87. The van der Waals surface area contributed by atoms with Gasteiger partial charge < -0.3 is 20.4 Å². The average Bonchev–Trinajstić information content (AvgIpc) is 2.27. The van der Waals surface area contributed by atoms with Crippen LogP contribution in [0.5, 0.6) is 0 Å². The summed E-state index contributed by atoms with van der Waals surface area (Å²) in [5.41, 5.74) is 0. The smallest absolute Gasteiger partial charge is 0.323 e. The van der Waals surface area contributed by atoms with Gasteiger partial charge in [-0.05, 0) is 0 Å². The molecule has 0 aromatic carbocycles. The largest absolute Gasteiger partial charge is 0.480 e. The zero-order valence-electron chi connectivity index (χ0n) is 9.96. The van der Waals surface area contributed by atoms with Crippen molar-refractivity contribution in [2.75, 3.05) is 45.8 Å². The minimum Gasteiger partial charge on any atom is -0.480 e. The first-order valence-electron chi connectivity index (χ1n) is 5.63. The Morgan fingerprint density at radius 3 is 2.50 bits per heavy atom. The third kappa shape index (κ3) is 5.11. The molecule has 1 saturated heterocycles. The van der Waals surface area contributed by atoms with Crippen molar-refractivity contribution in [2.24, 2.45) is 0 Å². The summed E-state index contributed by atoms with van der Waals surface area (Å²) >= 11 is 0. The highest BCUT2D eigenvalue weighted by Gasteiger charge is 2.24. The van der Waals surface area contributed by atoms with Crippen LogP contribution >= 0.6 is 0 Å². The maximum atomic E-state index is 11.6. The van der Waals surface area contributed by atoms with Gasteiger partial charge in [0.25, 0.3) is 0 Å². The Hall–Kier alpha value is -1.67. The third-order valence-electron chi connectivity index (χ3n) is 2.60. The molecule has 0 atom stereocenters. The maximum Gasteiger partial charge on any atom is 0.323 e. The molecule has 1 amide bonds. The Labute approximate surface area is 104 Å². The number of hydrogen-bond acceptors (Lipinski definition) is 5. The predicted molar refractivity (Wildman–Crippen MR) is 61.2 cm³/mol. The van der Waals surface area contributed by atoms with Crippen molar-refractivity contribution in [2.45, 2.75) is 0 Å². The molecule has 8 heteroatoms. The van der Waals surface area contributed by atoms with E-state index in [2.05, 4.69) is 5.32 Å². The van der Waals surface area contributed by atoms with E-state index in [1.807, 2.05) is 4.90 Å². The SMILES string of the molecule is O=C(O)CNCCN1CCN(CC(=O)O)C(=O)C1. The molecule has 0 unspecified atom stereocenters. The monoisotopic (exact) mass is 259 g/mol. The number of aliphatic carboxylic acids is 2. The van der Waals surface area contributed by atoms with Crippen molar-refractivity contribution >= 4 is 17.8 Å². The molecule has 1 aliphatic rings. The fourth-order valence-corrected chi connectivity index (χ4v) is 1.71. The molecule has 1 aliphatic heterocycles. The lowest BCUT2D eigenvalue weighted by Gasteiger charge is -2.33. The standard InChI is InChI=1S/C10H17N3O5/c14-8-6-12(2-1-11-5-9(15)16)3-4-13(8)7-10(17)18/h11H,1-7H2,(H,15,16)(H,17,18). The number of nitrogens with one attached hydrogen (secondary N) is 1. The van der Waals surface area contributed by atoms with E-state index in [1.165, 1.54) is 4.90 Å². The number of amides is 1. The van der Waals surface area contributed by atoms with E-state index >= 15 is 0 Å². The highest BCUT2D eigenvalue weighted by molar-refractivity contribution is 5.83. The minimum atomic E-state index is -1.01. The van der Waals surface area contributed by atoms with E-state index in [0.717, 1.165) is 0 Å². The third-order valence-corrected chi connectivity index (χ3v) is 2.60. The number of piperazine rings is 1. The summed E-state index contributed by atoms with van der Waals surface area (Å²) in [6, 6.07) is 0. The van der Waals surface area contributed by atoms with Gasteiger partial charge in [0.2, 0.25) is 5.91 Å². The second-order valence-electron chi connectivity index (χ2n) is 4.06. The lowest BCUT2D eigenvalue weighted by atomic mass is 10.3. The molecule has 102 valence electrons. The normalized spacial score (nSPS) is 16.9. The van der Waals surface area contributed by atoms with Crippen molar-refractivity contribution in [3.63, 3.8) is 0 Å². The lowest BCUT2D eigenvalue weighted by molar-refractivity contribution is -0.147. The molecule has 1 rings (SSSR count). The van der Waals surface area contributed by atoms with E-state index in [1.54, 1.807) is 0 Å².